The Hall–Kier alpha value is -7.90. The van der Waals surface area contributed by atoms with Crippen LogP contribution in [0.5, 0.6) is 0 Å². The molecular weight excluding hydrogens is 839 g/mol. The van der Waals surface area contributed by atoms with Crippen molar-refractivity contribution in [3.05, 3.63) is 139 Å². The summed E-state index contributed by atoms with van der Waals surface area (Å²) in [6.07, 6.45) is -12.5. The van der Waals surface area contributed by atoms with Crippen LogP contribution in [0, 0.1) is 0 Å². The van der Waals surface area contributed by atoms with Crippen molar-refractivity contribution in [2.45, 2.75) is 18.5 Å². The number of furan rings is 3. The Balaban J connectivity index is 0.000000159. The van der Waals surface area contributed by atoms with Crippen molar-refractivity contribution in [3.63, 3.8) is 0 Å². The van der Waals surface area contributed by atoms with Gasteiger partial charge < -0.3 is 27.3 Å². The highest BCUT2D eigenvalue weighted by Crippen LogP contribution is 2.43. The number of nitrogens with zero attached hydrogens (tertiary/aromatic N) is 5. The predicted octanol–water partition coefficient (Wildman–Crippen LogP) is 13.0. The molecule has 312 valence electrons. The Labute approximate surface area is 339 Å². The minimum Gasteiger partial charge on any atom is -0.464 e. The molecule has 0 atom stereocenters. The Kier molecular flexibility index (Phi) is 9.56. The Morgan fingerprint density at radius 2 is 1.00 bits per heavy atom. The second-order valence-corrected chi connectivity index (χ2v) is 13.3. The molecule has 0 saturated carbocycles. The number of fused-ring (bicyclic) bond motifs is 2. The van der Waals surface area contributed by atoms with Gasteiger partial charge in [-0.25, -0.2) is 4.98 Å². The van der Waals surface area contributed by atoms with Crippen molar-refractivity contribution in [1.29, 1.82) is 0 Å². The van der Waals surface area contributed by atoms with Gasteiger partial charge in [-0.1, -0.05) is 71.0 Å². The van der Waals surface area contributed by atoms with E-state index in [4.69, 9.17) is 22.3 Å². The second-order valence-electron chi connectivity index (χ2n) is 13.3. The van der Waals surface area contributed by atoms with Crippen molar-refractivity contribution in [1.82, 2.24) is 30.2 Å². The van der Waals surface area contributed by atoms with Crippen molar-refractivity contribution in [2.75, 3.05) is 0 Å². The number of alkyl halides is 9. The molecule has 1 N–H and O–H groups in total. The zero-order valence-electron chi connectivity index (χ0n) is 30.7. The van der Waals surface area contributed by atoms with Crippen LogP contribution in [0.4, 0.5) is 39.5 Å². The van der Waals surface area contributed by atoms with Gasteiger partial charge in [0.25, 0.3) is 11.8 Å². The highest BCUT2D eigenvalue weighted by atomic mass is 19.4. The van der Waals surface area contributed by atoms with E-state index in [2.05, 4.69) is 30.2 Å². The van der Waals surface area contributed by atoms with Gasteiger partial charge in [0.1, 0.15) is 5.58 Å². The third-order valence-corrected chi connectivity index (χ3v) is 9.14. The predicted molar refractivity (Wildman–Crippen MR) is 200 cm³/mol. The summed E-state index contributed by atoms with van der Waals surface area (Å²) in [4.78, 5) is 13.9. The molecule has 0 amide bonds. The lowest BCUT2D eigenvalue weighted by Crippen LogP contribution is -2.06. The molecule has 20 heteroatoms. The van der Waals surface area contributed by atoms with E-state index in [0.29, 0.717) is 16.7 Å². The molecule has 62 heavy (non-hydrogen) atoms. The molecule has 0 radical (unpaired) electrons. The van der Waals surface area contributed by atoms with Crippen LogP contribution in [0.1, 0.15) is 17.3 Å². The van der Waals surface area contributed by atoms with E-state index in [1.165, 1.54) is 36.4 Å². The first kappa shape index (κ1) is 39.6. The molecule has 10 rings (SSSR count). The van der Waals surface area contributed by atoms with Gasteiger partial charge in [-0.3, -0.25) is 0 Å². The molecule has 0 aliphatic heterocycles. The number of aromatic amines is 1. The average Bonchev–Trinajstić information content (AvgIpc) is 4.09. The van der Waals surface area contributed by atoms with Crippen molar-refractivity contribution < 1.29 is 61.8 Å². The SMILES string of the molecule is FC(F)(F)c1nc2ccc(-c3noc(-c4cc(-c5ccccc5)c(C(F)(F)F)o4)n3)cc2[nH]1.FC(F)(F)c1oc(-c2nc(-c3ccc4occc4c3)no2)cc1-c1ccccc1. The molecule has 0 bridgehead atoms. The number of rotatable bonds is 6. The van der Waals surface area contributed by atoms with Gasteiger partial charge in [0.2, 0.25) is 29.0 Å². The van der Waals surface area contributed by atoms with Crippen LogP contribution < -0.4 is 0 Å². The van der Waals surface area contributed by atoms with Crippen LogP contribution in [0.2, 0.25) is 0 Å². The zero-order valence-corrected chi connectivity index (χ0v) is 30.7. The summed E-state index contributed by atoms with van der Waals surface area (Å²) in [5.74, 6) is -4.23. The molecule has 4 aromatic carbocycles. The van der Waals surface area contributed by atoms with Crippen LogP contribution in [0.25, 0.3) is 90.3 Å². The Morgan fingerprint density at radius 3 is 1.52 bits per heavy atom. The molecule has 0 aliphatic rings. The summed E-state index contributed by atoms with van der Waals surface area (Å²) >= 11 is 0. The van der Waals surface area contributed by atoms with Crippen LogP contribution in [0.15, 0.2) is 144 Å². The van der Waals surface area contributed by atoms with E-state index >= 15 is 0 Å². The third kappa shape index (κ3) is 7.80. The number of imidazole rings is 1. The van der Waals surface area contributed by atoms with E-state index in [0.717, 1.165) is 11.5 Å². The van der Waals surface area contributed by atoms with Gasteiger partial charge in [-0.05, 0) is 65.7 Å². The van der Waals surface area contributed by atoms with E-state index in [-0.39, 0.29) is 68.2 Å². The van der Waals surface area contributed by atoms with Gasteiger partial charge in [-0.2, -0.15) is 49.5 Å². The van der Waals surface area contributed by atoms with Crippen LogP contribution in [-0.2, 0) is 18.5 Å². The summed E-state index contributed by atoms with van der Waals surface area (Å²) < 4.78 is 145. The Bertz CT molecular complexity index is 3170. The first-order valence-corrected chi connectivity index (χ1v) is 17.8. The smallest absolute Gasteiger partial charge is 0.450 e. The maximum Gasteiger partial charge on any atom is 0.450 e. The van der Waals surface area contributed by atoms with Crippen LogP contribution >= 0.6 is 0 Å². The molecule has 6 heterocycles. The molecule has 0 fully saturated rings. The summed E-state index contributed by atoms with van der Waals surface area (Å²) in [5.41, 5.74) is 2.12. The van der Waals surface area contributed by atoms with Gasteiger partial charge >= 0.3 is 18.5 Å². The fourth-order valence-corrected chi connectivity index (χ4v) is 6.35. The van der Waals surface area contributed by atoms with Crippen molar-refractivity contribution >= 4 is 22.0 Å². The summed E-state index contributed by atoms with van der Waals surface area (Å²) in [6, 6.07) is 29.5. The molecule has 10 aromatic rings. The molecule has 0 spiro atoms. The van der Waals surface area contributed by atoms with Crippen molar-refractivity contribution in [2.24, 2.45) is 0 Å². The van der Waals surface area contributed by atoms with Gasteiger partial charge in [0.15, 0.2) is 11.5 Å². The monoisotopic (exact) mass is 860 g/mol. The number of hydrogen-bond donors (Lipinski definition) is 1. The Morgan fingerprint density at radius 1 is 0.484 bits per heavy atom. The minimum atomic E-state index is -4.77. The number of hydrogen-bond acceptors (Lipinski definition) is 10. The number of halogens is 9. The first-order valence-electron chi connectivity index (χ1n) is 17.8. The average molecular weight is 861 g/mol. The molecular formula is C42H21F9N6O5. The largest absolute Gasteiger partial charge is 0.464 e. The maximum absolute atomic E-state index is 13.5. The standard InChI is InChI=1S/C21H10F6N4O2.C21H11F3N2O3/c22-20(23,24)16-12(10-4-2-1-3-5-10)9-15(32-16)18-30-17(31-33-18)11-6-7-13-14(8-11)29-19(28-13)21(25,26)27;22-21(23,24)18-15(12-4-2-1-3-5-12)11-17(28-18)20-25-19(26-29-20)14-6-7-16-13(10-14)8-9-27-16/h1-9H,(H,28,29);1-11H. The van der Waals surface area contributed by atoms with Gasteiger partial charge in [0.05, 0.1) is 17.3 Å². The fraction of sp³-hybridized carbons (Fsp3) is 0.0714. The van der Waals surface area contributed by atoms with Crippen molar-refractivity contribution in [3.8, 4) is 68.3 Å². The highest BCUT2D eigenvalue weighted by Gasteiger charge is 2.41. The topological polar surface area (TPSA) is 146 Å². The normalized spacial score (nSPS) is 12.3. The summed E-state index contributed by atoms with van der Waals surface area (Å²) in [5, 5.41) is 8.43. The number of nitrogens with one attached hydrogen (secondary N) is 1. The molecule has 0 unspecified atom stereocenters. The highest BCUT2D eigenvalue weighted by molar-refractivity contribution is 5.83. The lowest BCUT2D eigenvalue weighted by molar-refractivity contribution is -0.152. The molecule has 11 nitrogen and oxygen atoms in total. The quantitative estimate of drug-likeness (QED) is 0.160. The van der Waals surface area contributed by atoms with E-state index in [9.17, 15) is 39.5 Å². The van der Waals surface area contributed by atoms with Gasteiger partial charge in [-0.15, -0.1) is 0 Å². The molecule has 0 saturated heterocycles. The second kappa shape index (κ2) is 15.0. The number of aromatic nitrogens is 6. The molecule has 0 aliphatic carbocycles. The number of benzene rings is 4. The number of H-pyrrole nitrogens is 1. The molecule has 6 aromatic heterocycles. The minimum absolute atomic E-state index is 0.0544. The zero-order chi connectivity index (χ0) is 43.4. The summed E-state index contributed by atoms with van der Waals surface area (Å²) in [6.45, 7) is 0. The van der Waals surface area contributed by atoms with E-state index in [1.54, 1.807) is 79.1 Å². The van der Waals surface area contributed by atoms with Crippen LogP contribution in [0.3, 0.4) is 0 Å². The maximum atomic E-state index is 13.5. The van der Waals surface area contributed by atoms with E-state index in [1.807, 2.05) is 0 Å². The van der Waals surface area contributed by atoms with Crippen LogP contribution in [-0.4, -0.2) is 30.2 Å². The van der Waals surface area contributed by atoms with E-state index < -0.39 is 35.9 Å². The fourth-order valence-electron chi connectivity index (χ4n) is 6.35. The lowest BCUT2D eigenvalue weighted by atomic mass is 10.1. The first-order chi connectivity index (χ1) is 29.6. The third-order valence-electron chi connectivity index (χ3n) is 9.14. The van der Waals surface area contributed by atoms with Gasteiger partial charge in [0, 0.05) is 27.6 Å². The summed E-state index contributed by atoms with van der Waals surface area (Å²) in [7, 11) is 0. The lowest BCUT2D eigenvalue weighted by Gasteiger charge is -2.05.